The zero-order valence-electron chi connectivity index (χ0n) is 11.6. The standard InChI is InChI=1S/C16H18BrNO2/c1-11(18)13-4-3-5-14(9-13)20-10-12-6-7-16(19-2)15(17)8-12/h3-9,11H,10,18H2,1-2H3/t11-/m0/s1. The van der Waals surface area contributed by atoms with Gasteiger partial charge in [0.1, 0.15) is 18.1 Å². The van der Waals surface area contributed by atoms with E-state index in [1.165, 1.54) is 0 Å². The highest BCUT2D eigenvalue weighted by Crippen LogP contribution is 2.26. The molecule has 2 rings (SSSR count). The van der Waals surface area contributed by atoms with Crippen molar-refractivity contribution in [1.82, 2.24) is 0 Å². The third-order valence-electron chi connectivity index (χ3n) is 3.01. The maximum atomic E-state index is 5.87. The van der Waals surface area contributed by atoms with Crippen LogP contribution in [0.2, 0.25) is 0 Å². The minimum Gasteiger partial charge on any atom is -0.496 e. The minimum absolute atomic E-state index is 0.00804. The normalized spacial score (nSPS) is 12.0. The van der Waals surface area contributed by atoms with Gasteiger partial charge in [0, 0.05) is 6.04 Å². The lowest BCUT2D eigenvalue weighted by molar-refractivity contribution is 0.305. The summed E-state index contributed by atoms with van der Waals surface area (Å²) in [6.07, 6.45) is 0. The van der Waals surface area contributed by atoms with E-state index in [9.17, 15) is 0 Å². The fourth-order valence-electron chi connectivity index (χ4n) is 1.85. The molecule has 0 amide bonds. The number of halogens is 1. The highest BCUT2D eigenvalue weighted by atomic mass is 79.9. The van der Waals surface area contributed by atoms with Gasteiger partial charge in [-0.1, -0.05) is 18.2 Å². The first-order valence-corrected chi connectivity index (χ1v) is 7.20. The van der Waals surface area contributed by atoms with E-state index in [4.69, 9.17) is 15.2 Å². The Morgan fingerprint density at radius 2 is 2.00 bits per heavy atom. The van der Waals surface area contributed by atoms with Crippen molar-refractivity contribution >= 4 is 15.9 Å². The van der Waals surface area contributed by atoms with Crippen molar-refractivity contribution < 1.29 is 9.47 Å². The predicted molar refractivity (Wildman–Crippen MR) is 84.1 cm³/mol. The summed E-state index contributed by atoms with van der Waals surface area (Å²) >= 11 is 3.47. The molecular formula is C16H18BrNO2. The van der Waals surface area contributed by atoms with Gasteiger partial charge in [0.15, 0.2) is 0 Å². The summed E-state index contributed by atoms with van der Waals surface area (Å²) in [6.45, 7) is 2.46. The van der Waals surface area contributed by atoms with Crippen molar-refractivity contribution in [3.05, 3.63) is 58.1 Å². The number of nitrogens with two attached hydrogens (primary N) is 1. The topological polar surface area (TPSA) is 44.5 Å². The van der Waals surface area contributed by atoms with E-state index in [0.29, 0.717) is 6.61 Å². The smallest absolute Gasteiger partial charge is 0.133 e. The first-order chi connectivity index (χ1) is 9.60. The van der Waals surface area contributed by atoms with Crippen LogP contribution in [0.1, 0.15) is 24.1 Å². The molecule has 2 aromatic carbocycles. The second-order valence-electron chi connectivity index (χ2n) is 4.62. The molecule has 0 heterocycles. The Morgan fingerprint density at radius 1 is 1.20 bits per heavy atom. The van der Waals surface area contributed by atoms with E-state index in [1.54, 1.807) is 7.11 Å². The Bertz CT molecular complexity index is 584. The molecule has 0 spiro atoms. The lowest BCUT2D eigenvalue weighted by Crippen LogP contribution is -2.05. The van der Waals surface area contributed by atoms with Gasteiger partial charge in [0.25, 0.3) is 0 Å². The first kappa shape index (κ1) is 14.9. The quantitative estimate of drug-likeness (QED) is 0.896. The molecule has 0 aliphatic heterocycles. The van der Waals surface area contributed by atoms with Crippen LogP contribution in [-0.2, 0) is 6.61 Å². The number of hydrogen-bond donors (Lipinski definition) is 1. The van der Waals surface area contributed by atoms with Crippen LogP contribution in [0, 0.1) is 0 Å². The van der Waals surface area contributed by atoms with Gasteiger partial charge in [-0.15, -0.1) is 0 Å². The molecule has 0 saturated carbocycles. The zero-order valence-corrected chi connectivity index (χ0v) is 13.2. The summed E-state index contributed by atoms with van der Waals surface area (Å²) < 4.78 is 11.9. The molecule has 3 nitrogen and oxygen atoms in total. The van der Waals surface area contributed by atoms with Crippen LogP contribution in [-0.4, -0.2) is 7.11 Å². The number of rotatable bonds is 5. The highest BCUT2D eigenvalue weighted by molar-refractivity contribution is 9.10. The second kappa shape index (κ2) is 6.77. The predicted octanol–water partition coefficient (Wildman–Crippen LogP) is 4.06. The van der Waals surface area contributed by atoms with Gasteiger partial charge in [-0.05, 0) is 58.2 Å². The third-order valence-corrected chi connectivity index (χ3v) is 3.63. The summed E-state index contributed by atoms with van der Waals surface area (Å²) in [5, 5.41) is 0. The van der Waals surface area contributed by atoms with Crippen LogP contribution >= 0.6 is 15.9 Å². The van der Waals surface area contributed by atoms with Crippen molar-refractivity contribution in [3.8, 4) is 11.5 Å². The maximum Gasteiger partial charge on any atom is 0.133 e. The summed E-state index contributed by atoms with van der Waals surface area (Å²) in [5.41, 5.74) is 8.01. The Kier molecular flexibility index (Phi) is 5.04. The zero-order chi connectivity index (χ0) is 14.5. The van der Waals surface area contributed by atoms with E-state index in [2.05, 4.69) is 15.9 Å². The fraction of sp³-hybridized carbons (Fsp3) is 0.250. The number of methoxy groups -OCH3 is 1. The van der Waals surface area contributed by atoms with Crippen LogP contribution < -0.4 is 15.2 Å². The van der Waals surface area contributed by atoms with Gasteiger partial charge in [-0.2, -0.15) is 0 Å². The monoisotopic (exact) mass is 335 g/mol. The van der Waals surface area contributed by atoms with Crippen LogP contribution in [0.5, 0.6) is 11.5 Å². The summed E-state index contributed by atoms with van der Waals surface area (Å²) in [7, 11) is 1.65. The van der Waals surface area contributed by atoms with Crippen molar-refractivity contribution in [2.45, 2.75) is 19.6 Å². The molecule has 0 aromatic heterocycles. The molecule has 4 heteroatoms. The van der Waals surface area contributed by atoms with Crippen molar-refractivity contribution in [2.75, 3.05) is 7.11 Å². The molecule has 2 aromatic rings. The molecule has 0 radical (unpaired) electrons. The van der Waals surface area contributed by atoms with Crippen LogP contribution in [0.15, 0.2) is 46.9 Å². The van der Waals surface area contributed by atoms with E-state index in [1.807, 2.05) is 49.4 Å². The van der Waals surface area contributed by atoms with Crippen LogP contribution in [0.25, 0.3) is 0 Å². The molecule has 106 valence electrons. The second-order valence-corrected chi connectivity index (χ2v) is 5.47. The highest BCUT2D eigenvalue weighted by Gasteiger charge is 2.04. The van der Waals surface area contributed by atoms with Gasteiger partial charge in [0.05, 0.1) is 11.6 Å². The van der Waals surface area contributed by atoms with Crippen LogP contribution in [0.3, 0.4) is 0 Å². The fourth-order valence-corrected chi connectivity index (χ4v) is 2.44. The van der Waals surface area contributed by atoms with E-state index >= 15 is 0 Å². The van der Waals surface area contributed by atoms with Crippen LogP contribution in [0.4, 0.5) is 0 Å². The van der Waals surface area contributed by atoms with Crippen molar-refractivity contribution in [1.29, 1.82) is 0 Å². The van der Waals surface area contributed by atoms with Gasteiger partial charge < -0.3 is 15.2 Å². The molecule has 0 fully saturated rings. The molecule has 0 saturated heterocycles. The number of benzene rings is 2. The average molecular weight is 336 g/mol. The Labute approximate surface area is 127 Å². The Morgan fingerprint density at radius 3 is 2.65 bits per heavy atom. The molecule has 2 N–H and O–H groups in total. The van der Waals surface area contributed by atoms with Crippen molar-refractivity contribution in [2.24, 2.45) is 5.73 Å². The largest absolute Gasteiger partial charge is 0.496 e. The van der Waals surface area contributed by atoms with Gasteiger partial charge >= 0.3 is 0 Å². The molecule has 0 aliphatic rings. The Hall–Kier alpha value is -1.52. The Balaban J connectivity index is 2.05. The van der Waals surface area contributed by atoms with Gasteiger partial charge in [0.2, 0.25) is 0 Å². The maximum absolute atomic E-state index is 5.87. The molecule has 0 bridgehead atoms. The lowest BCUT2D eigenvalue weighted by atomic mass is 10.1. The molecule has 20 heavy (non-hydrogen) atoms. The average Bonchev–Trinajstić information content (AvgIpc) is 2.45. The lowest BCUT2D eigenvalue weighted by Gasteiger charge is -2.11. The van der Waals surface area contributed by atoms with E-state index < -0.39 is 0 Å². The molecule has 0 unspecified atom stereocenters. The van der Waals surface area contributed by atoms with Crippen molar-refractivity contribution in [3.63, 3.8) is 0 Å². The molecule has 0 aliphatic carbocycles. The molecular weight excluding hydrogens is 318 g/mol. The van der Waals surface area contributed by atoms with Gasteiger partial charge in [-0.25, -0.2) is 0 Å². The van der Waals surface area contributed by atoms with E-state index in [0.717, 1.165) is 27.1 Å². The SMILES string of the molecule is COc1ccc(COc2cccc([C@H](C)N)c2)cc1Br. The summed E-state index contributed by atoms with van der Waals surface area (Å²) in [5.74, 6) is 1.64. The summed E-state index contributed by atoms with van der Waals surface area (Å²) in [4.78, 5) is 0. The third kappa shape index (κ3) is 3.74. The number of ether oxygens (including phenoxy) is 2. The minimum atomic E-state index is 0.00804. The van der Waals surface area contributed by atoms with Gasteiger partial charge in [-0.3, -0.25) is 0 Å². The molecule has 1 atom stereocenters. The number of hydrogen-bond acceptors (Lipinski definition) is 3. The first-order valence-electron chi connectivity index (χ1n) is 6.41. The summed E-state index contributed by atoms with van der Waals surface area (Å²) in [6, 6.07) is 13.8. The van der Waals surface area contributed by atoms with E-state index in [-0.39, 0.29) is 6.04 Å².